The molecule has 5 nitrogen and oxygen atoms in total. The molecule has 1 saturated heterocycles. The zero-order valence-electron chi connectivity index (χ0n) is 15.7. The molecule has 3 fully saturated rings. The molecule has 1 aromatic rings. The van der Waals surface area contributed by atoms with Gasteiger partial charge in [0.25, 0.3) is 5.91 Å². The molecule has 0 aromatic heterocycles. The Morgan fingerprint density at radius 1 is 1.00 bits per heavy atom. The van der Waals surface area contributed by atoms with Gasteiger partial charge in [0.1, 0.15) is 0 Å². The van der Waals surface area contributed by atoms with Gasteiger partial charge >= 0.3 is 0 Å². The molecule has 2 aliphatic carbocycles. The first-order valence-electron chi connectivity index (χ1n) is 9.98. The summed E-state index contributed by atoms with van der Waals surface area (Å²) in [6, 6.07) is 8.21. The summed E-state index contributed by atoms with van der Waals surface area (Å²) in [5.74, 6) is 1.47. The van der Waals surface area contributed by atoms with E-state index in [0.29, 0.717) is 11.8 Å². The number of benzene rings is 1. The molecule has 140 valence electrons. The molecule has 4 rings (SSSR count). The third kappa shape index (κ3) is 4.09. The highest BCUT2D eigenvalue weighted by Crippen LogP contribution is 2.39. The molecule has 5 heteroatoms. The SMILES string of the molecule is CN(CCN1CCN(C(=O)c2ccc(C3CC3)cc2)CC1)C(=O)C1CC1. The Balaban J connectivity index is 1.22. The van der Waals surface area contributed by atoms with Gasteiger partial charge < -0.3 is 9.80 Å². The van der Waals surface area contributed by atoms with Gasteiger partial charge in [-0.2, -0.15) is 0 Å². The van der Waals surface area contributed by atoms with E-state index < -0.39 is 0 Å². The lowest BCUT2D eigenvalue weighted by Gasteiger charge is -2.35. The maximum Gasteiger partial charge on any atom is 0.253 e. The molecular formula is C21H29N3O2. The van der Waals surface area contributed by atoms with Gasteiger partial charge in [-0.15, -0.1) is 0 Å². The third-order valence-corrected chi connectivity index (χ3v) is 5.92. The summed E-state index contributed by atoms with van der Waals surface area (Å²) in [5, 5.41) is 0. The maximum atomic E-state index is 12.7. The minimum Gasteiger partial charge on any atom is -0.344 e. The van der Waals surface area contributed by atoms with Crippen LogP contribution in [0.15, 0.2) is 24.3 Å². The number of hydrogen-bond donors (Lipinski definition) is 0. The van der Waals surface area contributed by atoms with Gasteiger partial charge in [-0.3, -0.25) is 14.5 Å². The van der Waals surface area contributed by atoms with E-state index in [2.05, 4.69) is 17.0 Å². The summed E-state index contributed by atoms with van der Waals surface area (Å²) in [5.41, 5.74) is 2.17. The lowest BCUT2D eigenvalue weighted by atomic mass is 10.1. The lowest BCUT2D eigenvalue weighted by Crippen LogP contribution is -2.50. The highest BCUT2D eigenvalue weighted by molar-refractivity contribution is 5.94. The Hall–Kier alpha value is -1.88. The summed E-state index contributed by atoms with van der Waals surface area (Å²) >= 11 is 0. The Kier molecular flexibility index (Phi) is 4.98. The van der Waals surface area contributed by atoms with Crippen LogP contribution in [-0.2, 0) is 4.79 Å². The fourth-order valence-electron chi connectivity index (χ4n) is 3.72. The van der Waals surface area contributed by atoms with Gasteiger partial charge in [-0.1, -0.05) is 12.1 Å². The second kappa shape index (κ2) is 7.39. The van der Waals surface area contributed by atoms with E-state index in [1.54, 1.807) is 0 Å². The van der Waals surface area contributed by atoms with Crippen molar-refractivity contribution in [3.05, 3.63) is 35.4 Å². The van der Waals surface area contributed by atoms with Gasteiger partial charge in [0.2, 0.25) is 5.91 Å². The fraction of sp³-hybridized carbons (Fsp3) is 0.619. The summed E-state index contributed by atoms with van der Waals surface area (Å²) in [7, 11) is 1.91. The first-order valence-corrected chi connectivity index (χ1v) is 9.98. The van der Waals surface area contributed by atoms with Crippen LogP contribution >= 0.6 is 0 Å². The van der Waals surface area contributed by atoms with Crippen molar-refractivity contribution in [3.8, 4) is 0 Å². The molecule has 3 aliphatic rings. The van der Waals surface area contributed by atoms with E-state index in [9.17, 15) is 9.59 Å². The van der Waals surface area contributed by atoms with Crippen molar-refractivity contribution in [1.29, 1.82) is 0 Å². The largest absolute Gasteiger partial charge is 0.344 e. The maximum absolute atomic E-state index is 12.7. The Morgan fingerprint density at radius 2 is 1.65 bits per heavy atom. The van der Waals surface area contributed by atoms with Crippen LogP contribution in [0.1, 0.15) is 47.5 Å². The molecule has 1 aromatic carbocycles. The second-order valence-corrected chi connectivity index (χ2v) is 8.06. The monoisotopic (exact) mass is 355 g/mol. The molecule has 0 atom stereocenters. The number of nitrogens with zero attached hydrogens (tertiary/aromatic N) is 3. The number of carbonyl (C=O) groups excluding carboxylic acids is 2. The molecular weight excluding hydrogens is 326 g/mol. The Labute approximate surface area is 155 Å². The van der Waals surface area contributed by atoms with Crippen LogP contribution in [0, 0.1) is 5.92 Å². The van der Waals surface area contributed by atoms with E-state index in [4.69, 9.17) is 0 Å². The lowest BCUT2D eigenvalue weighted by molar-refractivity contribution is -0.131. The normalized spacial score (nSPS) is 20.9. The van der Waals surface area contributed by atoms with Crippen molar-refractivity contribution in [2.24, 2.45) is 5.92 Å². The average Bonchev–Trinajstić information content (AvgIpc) is 3.58. The number of likely N-dealkylation sites (N-methyl/N-ethyl adjacent to an activating group) is 1. The summed E-state index contributed by atoms with van der Waals surface area (Å²) in [6.45, 7) is 4.99. The van der Waals surface area contributed by atoms with Gasteiger partial charge in [0.05, 0.1) is 0 Å². The molecule has 0 N–H and O–H groups in total. The number of amides is 2. The number of hydrogen-bond acceptors (Lipinski definition) is 3. The van der Waals surface area contributed by atoms with Crippen molar-refractivity contribution in [2.45, 2.75) is 31.6 Å². The molecule has 2 amide bonds. The zero-order chi connectivity index (χ0) is 18.1. The summed E-state index contributed by atoms with van der Waals surface area (Å²) < 4.78 is 0. The Morgan fingerprint density at radius 3 is 2.23 bits per heavy atom. The first-order chi connectivity index (χ1) is 12.6. The van der Waals surface area contributed by atoms with Crippen LogP contribution in [0.3, 0.4) is 0 Å². The predicted molar refractivity (Wildman–Crippen MR) is 101 cm³/mol. The van der Waals surface area contributed by atoms with Crippen molar-refractivity contribution in [2.75, 3.05) is 46.3 Å². The van der Waals surface area contributed by atoms with Crippen molar-refractivity contribution in [1.82, 2.24) is 14.7 Å². The van der Waals surface area contributed by atoms with E-state index in [1.165, 1.54) is 18.4 Å². The van der Waals surface area contributed by atoms with Crippen molar-refractivity contribution >= 4 is 11.8 Å². The topological polar surface area (TPSA) is 43.9 Å². The molecule has 0 unspecified atom stereocenters. The van der Waals surface area contributed by atoms with Crippen LogP contribution in [0.4, 0.5) is 0 Å². The minimum atomic E-state index is 0.146. The summed E-state index contributed by atoms with van der Waals surface area (Å²) in [4.78, 5) is 30.9. The standard InChI is InChI=1S/C21H29N3O2/c1-22(20(25)18-8-9-18)10-11-23-12-14-24(15-13-23)21(26)19-6-4-17(5-7-19)16-2-3-16/h4-7,16,18H,2-3,8-15H2,1H3. The van der Waals surface area contributed by atoms with Gasteiger partial charge in [-0.25, -0.2) is 0 Å². The highest BCUT2D eigenvalue weighted by Gasteiger charge is 2.32. The second-order valence-electron chi connectivity index (χ2n) is 8.06. The molecule has 1 heterocycles. The van der Waals surface area contributed by atoms with Gasteiger partial charge in [-0.05, 0) is 49.3 Å². The van der Waals surface area contributed by atoms with E-state index >= 15 is 0 Å². The summed E-state index contributed by atoms with van der Waals surface area (Å²) in [6.07, 6.45) is 4.70. The molecule has 1 aliphatic heterocycles. The van der Waals surface area contributed by atoms with Crippen LogP contribution < -0.4 is 0 Å². The average molecular weight is 355 g/mol. The van der Waals surface area contributed by atoms with Crippen LogP contribution in [0.5, 0.6) is 0 Å². The number of carbonyl (C=O) groups is 2. The highest BCUT2D eigenvalue weighted by atomic mass is 16.2. The molecule has 0 bridgehead atoms. The number of piperazine rings is 1. The quantitative estimate of drug-likeness (QED) is 0.786. The van der Waals surface area contributed by atoms with E-state index in [1.807, 2.05) is 29.0 Å². The fourth-order valence-corrected chi connectivity index (χ4v) is 3.72. The molecule has 26 heavy (non-hydrogen) atoms. The zero-order valence-corrected chi connectivity index (χ0v) is 15.7. The van der Waals surface area contributed by atoms with Crippen LogP contribution in [0.2, 0.25) is 0 Å². The van der Waals surface area contributed by atoms with E-state index in [0.717, 1.165) is 63.6 Å². The van der Waals surface area contributed by atoms with Crippen molar-refractivity contribution in [3.63, 3.8) is 0 Å². The van der Waals surface area contributed by atoms with Gasteiger partial charge in [0.15, 0.2) is 0 Å². The van der Waals surface area contributed by atoms with Crippen LogP contribution in [0.25, 0.3) is 0 Å². The predicted octanol–water partition coefficient (Wildman–Crippen LogP) is 2.19. The first kappa shape index (κ1) is 17.5. The minimum absolute atomic E-state index is 0.146. The number of rotatable bonds is 6. The third-order valence-electron chi connectivity index (χ3n) is 5.92. The molecule has 0 radical (unpaired) electrons. The van der Waals surface area contributed by atoms with Crippen molar-refractivity contribution < 1.29 is 9.59 Å². The smallest absolute Gasteiger partial charge is 0.253 e. The molecule has 0 spiro atoms. The molecule has 2 saturated carbocycles. The van der Waals surface area contributed by atoms with Crippen LogP contribution in [-0.4, -0.2) is 72.8 Å². The van der Waals surface area contributed by atoms with E-state index in [-0.39, 0.29) is 5.91 Å². The Bertz CT molecular complexity index is 656. The van der Waals surface area contributed by atoms with Gasteiger partial charge in [0, 0.05) is 57.8 Å².